The maximum Gasteiger partial charge on any atom is 0.0558 e. The molecule has 11 N–H and O–H groups in total. The Hall–Kier alpha value is -0.400. The standard InChI is InChI=1S/C6H15NO3.C4H13N3.C4H11NO2/c8-4-1-7(2-5-9)3-6-10;5-1-3-7-4-2-6;6-3-1-5-2-4-7/h8-10H,1-6H2;7H,1-6H2;5-7H,1-4H2. The Balaban J connectivity index is -0.000000283. The van der Waals surface area contributed by atoms with Gasteiger partial charge in [0, 0.05) is 58.9 Å². The van der Waals surface area contributed by atoms with Gasteiger partial charge in [0.15, 0.2) is 0 Å². The zero-order chi connectivity index (χ0) is 18.9. The number of nitrogens with zero attached hydrogens (tertiary/aromatic N) is 1. The second kappa shape index (κ2) is 30.5. The van der Waals surface area contributed by atoms with Crippen LogP contribution in [0.5, 0.6) is 0 Å². The summed E-state index contributed by atoms with van der Waals surface area (Å²) in [6.07, 6.45) is 0. The van der Waals surface area contributed by atoms with Crippen LogP contribution >= 0.6 is 0 Å². The highest BCUT2D eigenvalue weighted by Gasteiger charge is 2.00. The number of hydrogen-bond donors (Lipinski definition) is 9. The molecule has 150 valence electrons. The van der Waals surface area contributed by atoms with Crippen LogP contribution in [-0.4, -0.2) is 122 Å². The molecule has 0 amide bonds. The first-order chi connectivity index (χ1) is 11.7. The van der Waals surface area contributed by atoms with Crippen molar-refractivity contribution in [1.82, 2.24) is 15.5 Å². The molecule has 0 rings (SSSR count). The molecule has 10 heteroatoms. The average molecular weight is 357 g/mol. The Kier molecular flexibility index (Phi) is 36.1. The first kappa shape index (κ1) is 28.4. The van der Waals surface area contributed by atoms with Crippen LogP contribution in [0.25, 0.3) is 0 Å². The van der Waals surface area contributed by atoms with Gasteiger partial charge in [-0.05, 0) is 0 Å². The Bertz CT molecular complexity index is 163. The lowest BCUT2D eigenvalue weighted by Crippen LogP contribution is -2.32. The zero-order valence-corrected chi connectivity index (χ0v) is 14.7. The largest absolute Gasteiger partial charge is 0.395 e. The molecule has 0 spiro atoms. The van der Waals surface area contributed by atoms with Crippen LogP contribution in [0.3, 0.4) is 0 Å². The number of aliphatic hydroxyl groups excluding tert-OH is 5. The van der Waals surface area contributed by atoms with Gasteiger partial charge in [0.2, 0.25) is 0 Å². The van der Waals surface area contributed by atoms with E-state index >= 15 is 0 Å². The quantitative estimate of drug-likeness (QED) is 0.137. The third-order valence-electron chi connectivity index (χ3n) is 2.47. The third-order valence-corrected chi connectivity index (χ3v) is 2.47. The summed E-state index contributed by atoms with van der Waals surface area (Å²) in [6, 6.07) is 0. The molecule has 0 aromatic rings. The molecule has 0 heterocycles. The maximum atomic E-state index is 8.48. The fourth-order valence-corrected chi connectivity index (χ4v) is 1.37. The Labute approximate surface area is 145 Å². The monoisotopic (exact) mass is 357 g/mol. The summed E-state index contributed by atoms with van der Waals surface area (Å²) in [7, 11) is 0. The van der Waals surface area contributed by atoms with E-state index in [0.29, 0.717) is 45.8 Å². The molecule has 0 unspecified atom stereocenters. The number of rotatable bonds is 14. The topological polar surface area (TPSA) is 180 Å². The van der Waals surface area contributed by atoms with Gasteiger partial charge in [0.05, 0.1) is 33.0 Å². The SMILES string of the molecule is NCCNCCN.OCCN(CCO)CCO.OCCNCCO. The first-order valence-corrected chi connectivity index (χ1v) is 8.26. The van der Waals surface area contributed by atoms with Crippen molar-refractivity contribution in [2.24, 2.45) is 11.5 Å². The van der Waals surface area contributed by atoms with Crippen molar-refractivity contribution < 1.29 is 25.5 Å². The summed E-state index contributed by atoms with van der Waals surface area (Å²) in [5, 5.41) is 47.6. The summed E-state index contributed by atoms with van der Waals surface area (Å²) < 4.78 is 0. The second-order valence-corrected chi connectivity index (χ2v) is 4.54. The van der Waals surface area contributed by atoms with E-state index in [0.717, 1.165) is 13.1 Å². The van der Waals surface area contributed by atoms with Gasteiger partial charge in [-0.1, -0.05) is 0 Å². The lowest BCUT2D eigenvalue weighted by Gasteiger charge is -2.17. The highest BCUT2D eigenvalue weighted by Crippen LogP contribution is 1.84. The molecule has 0 aliphatic carbocycles. The Morgan fingerprint density at radius 3 is 1.12 bits per heavy atom. The summed E-state index contributed by atoms with van der Waals surface area (Å²) in [4.78, 5) is 1.79. The van der Waals surface area contributed by atoms with Gasteiger partial charge in [-0.3, -0.25) is 4.90 Å². The van der Waals surface area contributed by atoms with Gasteiger partial charge < -0.3 is 47.6 Å². The van der Waals surface area contributed by atoms with Crippen molar-refractivity contribution in [3.8, 4) is 0 Å². The molecule has 0 atom stereocenters. The summed E-state index contributed by atoms with van der Waals surface area (Å²) in [5.74, 6) is 0. The van der Waals surface area contributed by atoms with Gasteiger partial charge >= 0.3 is 0 Å². The van der Waals surface area contributed by atoms with Gasteiger partial charge in [-0.2, -0.15) is 0 Å². The molecule has 0 aromatic heterocycles. The molecule has 0 aromatic carbocycles. The third kappa shape index (κ3) is 33.3. The lowest BCUT2D eigenvalue weighted by molar-refractivity contribution is 0.136. The smallest absolute Gasteiger partial charge is 0.0558 e. The van der Waals surface area contributed by atoms with E-state index in [1.165, 1.54) is 0 Å². The molecule has 0 radical (unpaired) electrons. The maximum absolute atomic E-state index is 8.48. The second-order valence-electron chi connectivity index (χ2n) is 4.54. The van der Waals surface area contributed by atoms with Gasteiger partial charge in [-0.15, -0.1) is 0 Å². The first-order valence-electron chi connectivity index (χ1n) is 8.26. The molecular weight excluding hydrogens is 318 g/mol. The fourth-order valence-electron chi connectivity index (χ4n) is 1.37. The number of hydrogen-bond acceptors (Lipinski definition) is 10. The van der Waals surface area contributed by atoms with Crippen molar-refractivity contribution in [1.29, 1.82) is 0 Å². The Morgan fingerprint density at radius 1 is 0.542 bits per heavy atom. The van der Waals surface area contributed by atoms with Crippen LogP contribution in [0.2, 0.25) is 0 Å². The van der Waals surface area contributed by atoms with E-state index in [2.05, 4.69) is 10.6 Å². The number of aliphatic hydroxyl groups is 5. The van der Waals surface area contributed by atoms with Crippen LogP contribution in [-0.2, 0) is 0 Å². The van der Waals surface area contributed by atoms with E-state index in [1.54, 1.807) is 4.90 Å². The highest BCUT2D eigenvalue weighted by molar-refractivity contribution is 4.54. The van der Waals surface area contributed by atoms with E-state index in [4.69, 9.17) is 37.0 Å². The van der Waals surface area contributed by atoms with E-state index < -0.39 is 0 Å². The van der Waals surface area contributed by atoms with Crippen molar-refractivity contribution in [2.75, 3.05) is 91.9 Å². The predicted octanol–water partition coefficient (Wildman–Crippen LogP) is -4.68. The number of nitrogens with one attached hydrogen (secondary N) is 2. The van der Waals surface area contributed by atoms with E-state index in [-0.39, 0.29) is 33.0 Å². The highest BCUT2D eigenvalue weighted by atomic mass is 16.3. The van der Waals surface area contributed by atoms with Crippen LogP contribution in [0, 0.1) is 0 Å². The van der Waals surface area contributed by atoms with Crippen molar-refractivity contribution >= 4 is 0 Å². The molecule has 0 aliphatic rings. The molecule has 24 heavy (non-hydrogen) atoms. The zero-order valence-electron chi connectivity index (χ0n) is 14.7. The predicted molar refractivity (Wildman–Crippen MR) is 95.7 cm³/mol. The normalized spacial score (nSPS) is 10.0. The van der Waals surface area contributed by atoms with Gasteiger partial charge in [0.1, 0.15) is 0 Å². The minimum atomic E-state index is 0.0694. The van der Waals surface area contributed by atoms with E-state index in [9.17, 15) is 0 Å². The average Bonchev–Trinajstić information content (AvgIpc) is 2.58. The molecule has 10 nitrogen and oxygen atoms in total. The molecule has 0 fully saturated rings. The van der Waals surface area contributed by atoms with E-state index in [1.807, 2.05) is 0 Å². The summed E-state index contributed by atoms with van der Waals surface area (Å²) >= 11 is 0. The van der Waals surface area contributed by atoms with Gasteiger partial charge in [0.25, 0.3) is 0 Å². The molecular formula is C14H39N5O5. The van der Waals surface area contributed by atoms with Crippen molar-refractivity contribution in [3.63, 3.8) is 0 Å². The van der Waals surface area contributed by atoms with Crippen LogP contribution in [0.1, 0.15) is 0 Å². The lowest BCUT2D eigenvalue weighted by atomic mass is 10.4. The molecule has 0 aliphatic heterocycles. The molecule has 0 saturated heterocycles. The minimum Gasteiger partial charge on any atom is -0.395 e. The molecule has 0 bridgehead atoms. The Morgan fingerprint density at radius 2 is 0.875 bits per heavy atom. The minimum absolute atomic E-state index is 0.0694. The van der Waals surface area contributed by atoms with Crippen molar-refractivity contribution in [3.05, 3.63) is 0 Å². The fraction of sp³-hybridized carbons (Fsp3) is 1.00. The van der Waals surface area contributed by atoms with Crippen LogP contribution in [0.15, 0.2) is 0 Å². The van der Waals surface area contributed by atoms with Crippen LogP contribution in [0.4, 0.5) is 0 Å². The summed E-state index contributed by atoms with van der Waals surface area (Å²) in [6.45, 7) is 6.30. The molecule has 0 saturated carbocycles. The van der Waals surface area contributed by atoms with Gasteiger partial charge in [-0.25, -0.2) is 0 Å². The van der Waals surface area contributed by atoms with Crippen LogP contribution < -0.4 is 22.1 Å². The van der Waals surface area contributed by atoms with Crippen molar-refractivity contribution in [2.45, 2.75) is 0 Å². The summed E-state index contributed by atoms with van der Waals surface area (Å²) in [5.41, 5.74) is 10.3. The number of nitrogens with two attached hydrogens (primary N) is 2.